The van der Waals surface area contributed by atoms with Crippen LogP contribution in [0.3, 0.4) is 0 Å². The number of carbonyl (C=O) groups excluding carboxylic acids is 1. The summed E-state index contributed by atoms with van der Waals surface area (Å²) in [5.74, 6) is 1.54. The number of aromatic nitrogens is 1. The van der Waals surface area contributed by atoms with Crippen LogP contribution in [-0.2, 0) is 18.4 Å². The number of aliphatic hydroxyl groups is 1. The van der Waals surface area contributed by atoms with Gasteiger partial charge in [0.2, 0.25) is 0 Å². The minimum atomic E-state index is -1.16. The number of nitrogens with zero attached hydrogens (tertiary/aromatic N) is 2. The van der Waals surface area contributed by atoms with E-state index in [-0.39, 0.29) is 5.91 Å². The Bertz CT molecular complexity index is 469. The molecule has 1 amide bonds. The molecule has 0 spiro atoms. The molecule has 0 saturated carbocycles. The second kappa shape index (κ2) is 5.89. The van der Waals surface area contributed by atoms with Crippen LogP contribution >= 0.6 is 27.7 Å². The summed E-state index contributed by atoms with van der Waals surface area (Å²) in [6, 6.07) is 1.99. The number of carbonyl (C=O) groups is 1. The van der Waals surface area contributed by atoms with Crippen LogP contribution in [0.15, 0.2) is 16.7 Å². The van der Waals surface area contributed by atoms with Crippen molar-refractivity contribution in [3.8, 4) is 0 Å². The van der Waals surface area contributed by atoms with Crippen LogP contribution in [-0.4, -0.2) is 44.6 Å². The summed E-state index contributed by atoms with van der Waals surface area (Å²) in [6.45, 7) is 0.510. The molecule has 1 saturated heterocycles. The largest absolute Gasteiger partial charge is 0.380 e. The number of hydrogen-bond donors (Lipinski definition) is 1. The first-order valence-corrected chi connectivity index (χ1v) is 8.23. The third kappa shape index (κ3) is 3.35. The second-order valence-electron chi connectivity index (χ2n) is 5.07. The van der Waals surface area contributed by atoms with E-state index in [1.54, 1.807) is 23.7 Å². The normalized spacial score (nSPS) is 18.3. The lowest BCUT2D eigenvalue weighted by molar-refractivity contribution is -0.151. The van der Waals surface area contributed by atoms with Crippen molar-refractivity contribution in [1.82, 2.24) is 9.47 Å². The highest BCUT2D eigenvalue weighted by atomic mass is 79.9. The molecule has 0 aromatic carbocycles. The molecular weight excluding hydrogens is 328 g/mol. The summed E-state index contributed by atoms with van der Waals surface area (Å²) in [5.41, 5.74) is -0.126. The Morgan fingerprint density at radius 3 is 2.74 bits per heavy atom. The third-order valence-corrected chi connectivity index (χ3v) is 4.96. The number of likely N-dealkylation sites (N-methyl/N-ethyl adjacent to an activating group) is 1. The Balaban J connectivity index is 2.05. The van der Waals surface area contributed by atoms with E-state index in [1.807, 2.05) is 23.9 Å². The van der Waals surface area contributed by atoms with Gasteiger partial charge >= 0.3 is 0 Å². The average Bonchev–Trinajstić information content (AvgIpc) is 2.67. The van der Waals surface area contributed by atoms with E-state index in [2.05, 4.69) is 15.9 Å². The molecule has 1 aliphatic heterocycles. The van der Waals surface area contributed by atoms with E-state index in [4.69, 9.17) is 0 Å². The first-order valence-electron chi connectivity index (χ1n) is 6.29. The van der Waals surface area contributed by atoms with Crippen molar-refractivity contribution >= 4 is 33.6 Å². The van der Waals surface area contributed by atoms with E-state index in [1.165, 1.54) is 0 Å². The highest BCUT2D eigenvalue weighted by Gasteiger charge is 2.39. The van der Waals surface area contributed by atoms with E-state index in [0.717, 1.165) is 21.7 Å². The zero-order chi connectivity index (χ0) is 14.0. The minimum Gasteiger partial charge on any atom is -0.380 e. The van der Waals surface area contributed by atoms with E-state index < -0.39 is 5.60 Å². The average molecular weight is 347 g/mol. The van der Waals surface area contributed by atoms with Gasteiger partial charge in [0.1, 0.15) is 5.60 Å². The van der Waals surface area contributed by atoms with Crippen LogP contribution in [0, 0.1) is 0 Å². The van der Waals surface area contributed by atoms with Crippen molar-refractivity contribution < 1.29 is 9.90 Å². The van der Waals surface area contributed by atoms with Crippen molar-refractivity contribution in [2.24, 2.45) is 7.05 Å². The summed E-state index contributed by atoms with van der Waals surface area (Å²) in [5, 5.41) is 10.4. The van der Waals surface area contributed by atoms with Gasteiger partial charge in [-0.3, -0.25) is 4.79 Å². The molecule has 0 radical (unpaired) electrons. The second-order valence-corrected chi connectivity index (χ2v) is 7.21. The molecular formula is C13H19BrN2O2S. The molecule has 0 bridgehead atoms. The molecule has 4 nitrogen and oxygen atoms in total. The van der Waals surface area contributed by atoms with Crippen LogP contribution in [0.4, 0.5) is 0 Å². The molecule has 0 unspecified atom stereocenters. The van der Waals surface area contributed by atoms with Gasteiger partial charge < -0.3 is 14.6 Å². The van der Waals surface area contributed by atoms with Crippen LogP contribution in [0.1, 0.15) is 18.5 Å². The molecule has 19 heavy (non-hydrogen) atoms. The molecule has 1 aromatic heterocycles. The predicted octanol–water partition coefficient (Wildman–Crippen LogP) is 2.00. The number of hydrogen-bond acceptors (Lipinski definition) is 3. The maximum Gasteiger partial charge on any atom is 0.254 e. The van der Waals surface area contributed by atoms with Gasteiger partial charge in [-0.2, -0.15) is 11.8 Å². The third-order valence-electron chi connectivity index (χ3n) is 3.54. The highest BCUT2D eigenvalue weighted by molar-refractivity contribution is 9.10. The summed E-state index contributed by atoms with van der Waals surface area (Å²) in [7, 11) is 3.70. The Morgan fingerprint density at radius 1 is 1.58 bits per heavy atom. The zero-order valence-electron chi connectivity index (χ0n) is 11.2. The first-order chi connectivity index (χ1) is 8.92. The van der Waals surface area contributed by atoms with Gasteiger partial charge in [-0.25, -0.2) is 0 Å². The Morgan fingerprint density at radius 2 is 2.21 bits per heavy atom. The van der Waals surface area contributed by atoms with Crippen molar-refractivity contribution in [2.45, 2.75) is 25.0 Å². The van der Waals surface area contributed by atoms with Crippen molar-refractivity contribution in [1.29, 1.82) is 0 Å². The summed E-state index contributed by atoms with van der Waals surface area (Å²) >= 11 is 5.22. The number of halogens is 1. The monoisotopic (exact) mass is 346 g/mol. The Kier molecular flexibility index (Phi) is 4.63. The van der Waals surface area contributed by atoms with Crippen LogP contribution in [0.2, 0.25) is 0 Å². The van der Waals surface area contributed by atoms with Gasteiger partial charge in [0.15, 0.2) is 0 Å². The van der Waals surface area contributed by atoms with Gasteiger partial charge in [-0.05, 0) is 46.3 Å². The lowest BCUT2D eigenvalue weighted by Gasteiger charge is -2.34. The fourth-order valence-corrected chi connectivity index (χ4v) is 4.06. The maximum atomic E-state index is 12.4. The quantitative estimate of drug-likeness (QED) is 0.910. The number of aryl methyl sites for hydroxylation is 1. The summed E-state index contributed by atoms with van der Waals surface area (Å²) < 4.78 is 2.98. The topological polar surface area (TPSA) is 45.5 Å². The Hall–Kier alpha value is -0.460. The molecule has 1 aliphatic rings. The minimum absolute atomic E-state index is 0.162. The summed E-state index contributed by atoms with van der Waals surface area (Å²) in [6.07, 6.45) is 3.06. The van der Waals surface area contributed by atoms with Gasteiger partial charge in [0.05, 0.1) is 6.54 Å². The molecule has 6 heteroatoms. The number of rotatable bonds is 3. The zero-order valence-corrected chi connectivity index (χ0v) is 13.6. The van der Waals surface area contributed by atoms with E-state index >= 15 is 0 Å². The lowest BCUT2D eigenvalue weighted by Crippen LogP contribution is -2.49. The van der Waals surface area contributed by atoms with Gasteiger partial charge in [-0.1, -0.05) is 0 Å². The summed E-state index contributed by atoms with van der Waals surface area (Å²) in [4.78, 5) is 14.0. The lowest BCUT2D eigenvalue weighted by atomic mass is 9.95. The number of amides is 1. The maximum absolute atomic E-state index is 12.4. The molecule has 1 aromatic rings. The van der Waals surface area contributed by atoms with Gasteiger partial charge in [0, 0.05) is 30.5 Å². The molecule has 1 N–H and O–H groups in total. The van der Waals surface area contributed by atoms with E-state index in [0.29, 0.717) is 19.4 Å². The van der Waals surface area contributed by atoms with Gasteiger partial charge in [0.25, 0.3) is 5.91 Å². The van der Waals surface area contributed by atoms with Crippen LogP contribution < -0.4 is 0 Å². The van der Waals surface area contributed by atoms with Crippen molar-refractivity contribution in [2.75, 3.05) is 18.6 Å². The standard InChI is InChI=1S/C13H19BrN2O2S/c1-15-8-10(14)7-11(15)9-16(2)12(17)13(18)3-5-19-6-4-13/h7-8,18H,3-6,9H2,1-2H3. The van der Waals surface area contributed by atoms with Crippen LogP contribution in [0.5, 0.6) is 0 Å². The fourth-order valence-electron chi connectivity index (χ4n) is 2.32. The smallest absolute Gasteiger partial charge is 0.254 e. The van der Waals surface area contributed by atoms with Crippen molar-refractivity contribution in [3.05, 3.63) is 22.4 Å². The molecule has 1 fully saturated rings. The molecule has 106 valence electrons. The first kappa shape index (κ1) is 14.9. The number of thioether (sulfide) groups is 1. The molecule has 0 aliphatic carbocycles. The Labute approximate surface area is 126 Å². The molecule has 2 heterocycles. The molecule has 2 rings (SSSR count). The fraction of sp³-hybridized carbons (Fsp3) is 0.615. The van der Waals surface area contributed by atoms with Crippen molar-refractivity contribution in [3.63, 3.8) is 0 Å². The van der Waals surface area contributed by atoms with E-state index in [9.17, 15) is 9.90 Å². The van der Waals surface area contributed by atoms with Gasteiger partial charge in [-0.15, -0.1) is 0 Å². The highest BCUT2D eigenvalue weighted by Crippen LogP contribution is 2.29. The SMILES string of the molecule is CN(Cc1cc(Br)cn1C)C(=O)C1(O)CCSCC1. The van der Waals surface area contributed by atoms with Crippen LogP contribution in [0.25, 0.3) is 0 Å². The molecule has 0 atom stereocenters. The predicted molar refractivity (Wildman–Crippen MR) is 81.1 cm³/mol.